The zero-order valence-electron chi connectivity index (χ0n) is 13.3. The predicted octanol–water partition coefficient (Wildman–Crippen LogP) is 1.72. The van der Waals surface area contributed by atoms with Gasteiger partial charge in [0.2, 0.25) is 0 Å². The number of amides is 1. The first-order chi connectivity index (χ1) is 10.3. The molecule has 2 rings (SSSR count). The third-order valence-corrected chi connectivity index (χ3v) is 5.76. The van der Waals surface area contributed by atoms with Crippen LogP contribution in [0.3, 0.4) is 0 Å². The number of carbonyl (C=O) groups excluding carboxylic acids is 1. The molecule has 0 aliphatic carbocycles. The Balaban J connectivity index is 1.99. The molecule has 1 amide bonds. The second-order valence-electron chi connectivity index (χ2n) is 5.79. The molecule has 1 atom stereocenters. The summed E-state index contributed by atoms with van der Waals surface area (Å²) >= 11 is 0. The van der Waals surface area contributed by atoms with E-state index in [1.54, 1.807) is 4.90 Å². The van der Waals surface area contributed by atoms with Gasteiger partial charge in [0.15, 0.2) is 16.4 Å². The van der Waals surface area contributed by atoms with Crippen molar-refractivity contribution in [2.24, 2.45) is 0 Å². The highest BCUT2D eigenvalue weighted by Gasteiger charge is 2.33. The molecule has 122 valence electrons. The molecule has 1 saturated heterocycles. The SMILES string of the molecule is CCN(C(=O)COc1cc(C)ccc1C)C1CCS(=O)(=O)C1. The third kappa shape index (κ3) is 4.00. The number of benzene rings is 1. The first-order valence-corrected chi connectivity index (χ1v) is 9.34. The van der Waals surface area contributed by atoms with Gasteiger partial charge in [-0.3, -0.25) is 4.79 Å². The Bertz CT molecular complexity index is 654. The van der Waals surface area contributed by atoms with Crippen LogP contribution in [0.2, 0.25) is 0 Å². The molecule has 1 aromatic carbocycles. The second kappa shape index (κ2) is 6.69. The molecule has 1 unspecified atom stereocenters. The molecule has 0 radical (unpaired) electrons. The number of sulfone groups is 1. The lowest BCUT2D eigenvalue weighted by atomic mass is 10.1. The van der Waals surface area contributed by atoms with Gasteiger partial charge in [-0.05, 0) is 44.4 Å². The summed E-state index contributed by atoms with van der Waals surface area (Å²) in [5, 5.41) is 0. The van der Waals surface area contributed by atoms with Crippen molar-refractivity contribution in [3.05, 3.63) is 29.3 Å². The lowest BCUT2D eigenvalue weighted by Gasteiger charge is -2.27. The summed E-state index contributed by atoms with van der Waals surface area (Å²) in [5.41, 5.74) is 2.05. The lowest BCUT2D eigenvalue weighted by Crippen LogP contribution is -2.43. The van der Waals surface area contributed by atoms with Crippen molar-refractivity contribution in [2.45, 2.75) is 33.2 Å². The van der Waals surface area contributed by atoms with Crippen LogP contribution in [0, 0.1) is 13.8 Å². The number of carbonyl (C=O) groups is 1. The van der Waals surface area contributed by atoms with E-state index in [1.807, 2.05) is 39.0 Å². The number of aryl methyl sites for hydroxylation is 2. The number of hydrogen-bond acceptors (Lipinski definition) is 4. The van der Waals surface area contributed by atoms with Crippen molar-refractivity contribution in [2.75, 3.05) is 24.7 Å². The number of ether oxygens (including phenoxy) is 1. The van der Waals surface area contributed by atoms with Crippen LogP contribution in [0.4, 0.5) is 0 Å². The van der Waals surface area contributed by atoms with Crippen LogP contribution < -0.4 is 4.74 Å². The molecule has 1 aliphatic rings. The molecule has 6 heteroatoms. The largest absolute Gasteiger partial charge is 0.483 e. The van der Waals surface area contributed by atoms with Crippen molar-refractivity contribution >= 4 is 15.7 Å². The highest BCUT2D eigenvalue weighted by molar-refractivity contribution is 7.91. The number of rotatable bonds is 5. The molecule has 5 nitrogen and oxygen atoms in total. The molecule has 22 heavy (non-hydrogen) atoms. The molecule has 1 aromatic rings. The van der Waals surface area contributed by atoms with Crippen LogP contribution >= 0.6 is 0 Å². The van der Waals surface area contributed by atoms with E-state index in [0.717, 1.165) is 11.1 Å². The molecule has 1 aliphatic heterocycles. The van der Waals surface area contributed by atoms with Gasteiger partial charge in [0.1, 0.15) is 5.75 Å². The van der Waals surface area contributed by atoms with E-state index in [2.05, 4.69) is 0 Å². The van der Waals surface area contributed by atoms with Crippen LogP contribution in [-0.2, 0) is 14.6 Å². The van der Waals surface area contributed by atoms with Crippen molar-refractivity contribution < 1.29 is 17.9 Å². The molecular formula is C16H23NO4S. The van der Waals surface area contributed by atoms with Crippen LogP contribution in [0.5, 0.6) is 5.75 Å². The smallest absolute Gasteiger partial charge is 0.260 e. The van der Waals surface area contributed by atoms with E-state index in [9.17, 15) is 13.2 Å². The molecule has 0 N–H and O–H groups in total. The van der Waals surface area contributed by atoms with Crippen molar-refractivity contribution in [3.63, 3.8) is 0 Å². The quantitative estimate of drug-likeness (QED) is 0.827. The average molecular weight is 325 g/mol. The summed E-state index contributed by atoms with van der Waals surface area (Å²) < 4.78 is 28.8. The molecule has 0 aromatic heterocycles. The fourth-order valence-corrected chi connectivity index (χ4v) is 4.48. The average Bonchev–Trinajstić information content (AvgIpc) is 2.80. The van der Waals surface area contributed by atoms with Gasteiger partial charge in [-0.2, -0.15) is 0 Å². The molecule has 1 heterocycles. The number of likely N-dealkylation sites (N-methyl/N-ethyl adjacent to an activating group) is 1. The van der Waals surface area contributed by atoms with E-state index in [1.165, 1.54) is 0 Å². The lowest BCUT2D eigenvalue weighted by molar-refractivity contribution is -0.135. The number of nitrogens with zero attached hydrogens (tertiary/aromatic N) is 1. The first-order valence-electron chi connectivity index (χ1n) is 7.52. The molecule has 0 bridgehead atoms. The number of hydrogen-bond donors (Lipinski definition) is 0. The highest BCUT2D eigenvalue weighted by Crippen LogP contribution is 2.21. The molecule has 0 spiro atoms. The minimum absolute atomic E-state index is 0.0608. The predicted molar refractivity (Wildman–Crippen MR) is 85.9 cm³/mol. The van der Waals surface area contributed by atoms with Crippen molar-refractivity contribution in [3.8, 4) is 5.75 Å². The van der Waals surface area contributed by atoms with E-state index in [0.29, 0.717) is 18.7 Å². The van der Waals surface area contributed by atoms with Crippen molar-refractivity contribution in [1.29, 1.82) is 0 Å². The Labute approximate surface area is 132 Å². The van der Waals surface area contributed by atoms with Gasteiger partial charge in [0.05, 0.1) is 11.5 Å². The van der Waals surface area contributed by atoms with Gasteiger partial charge in [-0.15, -0.1) is 0 Å². The van der Waals surface area contributed by atoms with E-state index < -0.39 is 9.84 Å². The van der Waals surface area contributed by atoms with E-state index in [4.69, 9.17) is 4.74 Å². The monoisotopic (exact) mass is 325 g/mol. The topological polar surface area (TPSA) is 63.7 Å². The summed E-state index contributed by atoms with van der Waals surface area (Å²) in [6.45, 7) is 6.20. The van der Waals surface area contributed by atoms with Gasteiger partial charge in [-0.25, -0.2) is 8.42 Å². The Kier molecular flexibility index (Phi) is 5.11. The highest BCUT2D eigenvalue weighted by atomic mass is 32.2. The maximum absolute atomic E-state index is 12.3. The van der Waals surface area contributed by atoms with E-state index >= 15 is 0 Å². The molecule has 1 fully saturated rings. The fourth-order valence-electron chi connectivity index (χ4n) is 2.74. The first kappa shape index (κ1) is 16.8. The van der Waals surface area contributed by atoms with Crippen LogP contribution in [0.15, 0.2) is 18.2 Å². The fraction of sp³-hybridized carbons (Fsp3) is 0.562. The van der Waals surface area contributed by atoms with Crippen molar-refractivity contribution in [1.82, 2.24) is 4.90 Å². The Morgan fingerprint density at radius 1 is 1.36 bits per heavy atom. The van der Waals surface area contributed by atoms with E-state index in [-0.39, 0.29) is 30.1 Å². The Hall–Kier alpha value is -1.56. The minimum Gasteiger partial charge on any atom is -0.483 e. The maximum atomic E-state index is 12.3. The van der Waals surface area contributed by atoms with Gasteiger partial charge in [-0.1, -0.05) is 12.1 Å². The third-order valence-electron chi connectivity index (χ3n) is 4.01. The maximum Gasteiger partial charge on any atom is 0.260 e. The summed E-state index contributed by atoms with van der Waals surface area (Å²) in [7, 11) is -3.00. The van der Waals surface area contributed by atoms with Gasteiger partial charge in [0.25, 0.3) is 5.91 Å². The zero-order valence-corrected chi connectivity index (χ0v) is 14.1. The summed E-state index contributed by atoms with van der Waals surface area (Å²) in [4.78, 5) is 14.0. The van der Waals surface area contributed by atoms with Crippen LogP contribution in [0.1, 0.15) is 24.5 Å². The molecule has 0 saturated carbocycles. The Morgan fingerprint density at radius 3 is 2.68 bits per heavy atom. The summed E-state index contributed by atoms with van der Waals surface area (Å²) in [6, 6.07) is 5.63. The minimum atomic E-state index is -3.00. The normalized spacial score (nSPS) is 19.9. The van der Waals surface area contributed by atoms with Gasteiger partial charge >= 0.3 is 0 Å². The zero-order chi connectivity index (χ0) is 16.3. The van der Waals surface area contributed by atoms with Crippen LogP contribution in [0.25, 0.3) is 0 Å². The van der Waals surface area contributed by atoms with Gasteiger partial charge < -0.3 is 9.64 Å². The summed E-state index contributed by atoms with van der Waals surface area (Å²) in [5.74, 6) is 0.768. The standard InChI is InChI=1S/C16H23NO4S/c1-4-17(14-7-8-22(19,20)11-14)16(18)10-21-15-9-12(2)5-6-13(15)3/h5-6,9,14H,4,7-8,10-11H2,1-3H3. The Morgan fingerprint density at radius 2 is 2.09 bits per heavy atom. The van der Waals surface area contributed by atoms with Gasteiger partial charge in [0, 0.05) is 12.6 Å². The van der Waals surface area contributed by atoms with Crippen LogP contribution in [-0.4, -0.2) is 49.9 Å². The molecular weight excluding hydrogens is 302 g/mol. The second-order valence-corrected chi connectivity index (χ2v) is 8.02. The summed E-state index contributed by atoms with van der Waals surface area (Å²) in [6.07, 6.45) is 0.519.